The molecule has 0 aliphatic carbocycles. The molecule has 1 rings (SSSR count). The molecule has 1 amide bonds. The van der Waals surface area contributed by atoms with Gasteiger partial charge in [0.2, 0.25) is 5.91 Å². The van der Waals surface area contributed by atoms with Gasteiger partial charge in [-0.15, -0.1) is 0 Å². The zero-order valence-corrected chi connectivity index (χ0v) is 13.6. The summed E-state index contributed by atoms with van der Waals surface area (Å²) in [6, 6.07) is 5.92. The van der Waals surface area contributed by atoms with Gasteiger partial charge in [0.15, 0.2) is 0 Å². The van der Waals surface area contributed by atoms with Crippen LogP contribution in [0.3, 0.4) is 0 Å². The van der Waals surface area contributed by atoms with Crippen LogP contribution in [0.15, 0.2) is 24.3 Å². The predicted octanol–water partition coefficient (Wildman–Crippen LogP) is 3.40. The van der Waals surface area contributed by atoms with Crippen LogP contribution in [0.2, 0.25) is 0 Å². The number of rotatable bonds is 5. The molecule has 0 aliphatic rings. The van der Waals surface area contributed by atoms with Gasteiger partial charge in [-0.25, -0.2) is 4.39 Å². The fourth-order valence-corrected chi connectivity index (χ4v) is 2.04. The van der Waals surface area contributed by atoms with Gasteiger partial charge in [0, 0.05) is 12.5 Å². The molecule has 0 fully saturated rings. The third kappa shape index (κ3) is 5.46. The zero-order valence-electron chi connectivity index (χ0n) is 13.6. The Balaban J connectivity index is 2.75. The van der Waals surface area contributed by atoms with Crippen molar-refractivity contribution in [3.8, 4) is 0 Å². The molecule has 21 heavy (non-hydrogen) atoms. The Morgan fingerprint density at radius 1 is 1.24 bits per heavy atom. The van der Waals surface area contributed by atoms with Crippen molar-refractivity contribution in [3.63, 3.8) is 0 Å². The van der Waals surface area contributed by atoms with Crippen molar-refractivity contribution >= 4 is 5.91 Å². The summed E-state index contributed by atoms with van der Waals surface area (Å²) in [6.07, 6.45) is 0.286. The Labute approximate surface area is 127 Å². The second-order valence-electron chi connectivity index (χ2n) is 7.02. The minimum Gasteiger partial charge on any atom is -0.349 e. The lowest BCUT2D eigenvalue weighted by atomic mass is 9.85. The topological polar surface area (TPSA) is 55.1 Å². The second kappa shape index (κ2) is 7.03. The summed E-state index contributed by atoms with van der Waals surface area (Å²) in [5, 5.41) is 3.01. The van der Waals surface area contributed by atoms with Crippen LogP contribution < -0.4 is 11.1 Å². The van der Waals surface area contributed by atoms with E-state index in [1.807, 2.05) is 34.6 Å². The Morgan fingerprint density at radius 3 is 2.19 bits per heavy atom. The summed E-state index contributed by atoms with van der Waals surface area (Å²) in [5.74, 6) is -0.131. The number of carbonyl (C=O) groups excluding carboxylic acids is 1. The molecule has 2 unspecified atom stereocenters. The highest BCUT2D eigenvalue weighted by molar-refractivity contribution is 5.77. The highest BCUT2D eigenvalue weighted by atomic mass is 19.1. The van der Waals surface area contributed by atoms with Crippen LogP contribution in [-0.2, 0) is 4.79 Å². The molecular formula is C17H27FN2O. The number of nitrogens with one attached hydrogen (secondary N) is 1. The molecule has 118 valence electrons. The predicted molar refractivity (Wildman–Crippen MR) is 84.2 cm³/mol. The molecule has 0 saturated carbocycles. The zero-order chi connectivity index (χ0) is 16.2. The average molecular weight is 294 g/mol. The third-order valence-corrected chi connectivity index (χ3v) is 3.73. The Morgan fingerprint density at radius 2 is 1.76 bits per heavy atom. The van der Waals surface area contributed by atoms with Crippen molar-refractivity contribution < 1.29 is 9.18 Å². The van der Waals surface area contributed by atoms with Crippen LogP contribution in [-0.4, -0.2) is 11.9 Å². The molecule has 0 aromatic heterocycles. The van der Waals surface area contributed by atoms with Crippen molar-refractivity contribution in [2.75, 3.05) is 0 Å². The molecule has 1 aromatic carbocycles. The average Bonchev–Trinajstić information content (AvgIpc) is 2.35. The lowest BCUT2D eigenvalue weighted by molar-refractivity contribution is -0.123. The lowest BCUT2D eigenvalue weighted by Gasteiger charge is -2.28. The summed E-state index contributed by atoms with van der Waals surface area (Å²) in [5.41, 5.74) is 6.85. The highest BCUT2D eigenvalue weighted by Crippen LogP contribution is 2.23. The van der Waals surface area contributed by atoms with Crippen LogP contribution in [0, 0.1) is 17.2 Å². The van der Waals surface area contributed by atoms with Crippen LogP contribution >= 0.6 is 0 Å². The Hall–Kier alpha value is -1.42. The molecule has 0 heterocycles. The van der Waals surface area contributed by atoms with Crippen LogP contribution in [0.25, 0.3) is 0 Å². The van der Waals surface area contributed by atoms with E-state index in [0.29, 0.717) is 0 Å². The Bertz CT molecular complexity index is 463. The number of hydrogen-bond donors (Lipinski definition) is 2. The summed E-state index contributed by atoms with van der Waals surface area (Å²) in [6.45, 7) is 10.1. The van der Waals surface area contributed by atoms with Gasteiger partial charge in [0.25, 0.3) is 0 Å². The maximum absolute atomic E-state index is 13.0. The van der Waals surface area contributed by atoms with Crippen molar-refractivity contribution in [3.05, 3.63) is 35.6 Å². The molecule has 4 heteroatoms. The van der Waals surface area contributed by atoms with E-state index in [9.17, 15) is 9.18 Å². The first-order valence-electron chi connectivity index (χ1n) is 7.41. The number of carbonyl (C=O) groups is 1. The van der Waals surface area contributed by atoms with Gasteiger partial charge < -0.3 is 11.1 Å². The van der Waals surface area contributed by atoms with Crippen molar-refractivity contribution in [2.24, 2.45) is 17.1 Å². The first-order chi connectivity index (χ1) is 9.61. The van der Waals surface area contributed by atoms with E-state index < -0.39 is 0 Å². The number of nitrogens with two attached hydrogens (primary N) is 1. The van der Waals surface area contributed by atoms with Crippen LogP contribution in [0.1, 0.15) is 52.6 Å². The molecular weight excluding hydrogens is 267 g/mol. The standard InChI is InChI=1S/C17H27FN2O/c1-11(2)16(12-6-8-13(18)9-7-12)20-15(21)10-14(19)17(3,4)5/h6-9,11,14,16H,10,19H2,1-5H3,(H,20,21). The van der Waals surface area contributed by atoms with E-state index in [2.05, 4.69) is 5.32 Å². The fourth-order valence-electron chi connectivity index (χ4n) is 2.04. The molecule has 0 bridgehead atoms. The maximum atomic E-state index is 13.0. The summed E-state index contributed by atoms with van der Waals surface area (Å²) in [7, 11) is 0. The first-order valence-corrected chi connectivity index (χ1v) is 7.41. The largest absolute Gasteiger partial charge is 0.349 e. The van der Waals surface area contributed by atoms with Crippen LogP contribution in [0.4, 0.5) is 4.39 Å². The van der Waals surface area contributed by atoms with Crippen molar-refractivity contribution in [2.45, 2.75) is 53.1 Å². The summed E-state index contributed by atoms with van der Waals surface area (Å²) in [4.78, 5) is 12.2. The van der Waals surface area contributed by atoms with Gasteiger partial charge >= 0.3 is 0 Å². The SMILES string of the molecule is CC(C)C(NC(=O)CC(N)C(C)(C)C)c1ccc(F)cc1. The van der Waals surface area contributed by atoms with Gasteiger partial charge in [0.1, 0.15) is 5.82 Å². The van der Waals surface area contributed by atoms with Gasteiger partial charge in [-0.05, 0) is 29.0 Å². The van der Waals surface area contributed by atoms with E-state index in [-0.39, 0.29) is 41.6 Å². The van der Waals surface area contributed by atoms with Crippen molar-refractivity contribution in [1.82, 2.24) is 5.32 Å². The minimum atomic E-state index is -0.276. The van der Waals surface area contributed by atoms with E-state index in [4.69, 9.17) is 5.73 Å². The molecule has 1 aromatic rings. The number of benzene rings is 1. The fraction of sp³-hybridized carbons (Fsp3) is 0.588. The third-order valence-electron chi connectivity index (χ3n) is 3.73. The second-order valence-corrected chi connectivity index (χ2v) is 7.02. The normalized spacial score (nSPS) is 14.9. The van der Waals surface area contributed by atoms with Gasteiger partial charge in [-0.2, -0.15) is 0 Å². The minimum absolute atomic E-state index is 0.0690. The summed E-state index contributed by atoms with van der Waals surface area (Å²) < 4.78 is 13.0. The highest BCUT2D eigenvalue weighted by Gasteiger charge is 2.25. The van der Waals surface area contributed by atoms with E-state index in [0.717, 1.165) is 5.56 Å². The van der Waals surface area contributed by atoms with E-state index >= 15 is 0 Å². The summed E-state index contributed by atoms with van der Waals surface area (Å²) >= 11 is 0. The number of hydrogen-bond acceptors (Lipinski definition) is 2. The van der Waals surface area contributed by atoms with Gasteiger partial charge in [-0.3, -0.25) is 4.79 Å². The molecule has 0 saturated heterocycles. The van der Waals surface area contributed by atoms with Crippen LogP contribution in [0.5, 0.6) is 0 Å². The molecule has 0 aliphatic heterocycles. The quantitative estimate of drug-likeness (QED) is 0.874. The first kappa shape index (κ1) is 17.6. The Kier molecular flexibility index (Phi) is 5.90. The lowest BCUT2D eigenvalue weighted by Crippen LogP contribution is -2.41. The molecule has 0 spiro atoms. The molecule has 2 atom stereocenters. The smallest absolute Gasteiger partial charge is 0.222 e. The van der Waals surface area contributed by atoms with Crippen molar-refractivity contribution in [1.29, 1.82) is 0 Å². The maximum Gasteiger partial charge on any atom is 0.222 e. The number of halogens is 1. The molecule has 0 radical (unpaired) electrons. The van der Waals surface area contributed by atoms with Gasteiger partial charge in [-0.1, -0.05) is 46.8 Å². The number of amides is 1. The molecule has 3 N–H and O–H groups in total. The van der Waals surface area contributed by atoms with Gasteiger partial charge in [0.05, 0.1) is 6.04 Å². The molecule has 3 nitrogen and oxygen atoms in total. The van der Waals surface area contributed by atoms with E-state index in [1.54, 1.807) is 12.1 Å². The monoisotopic (exact) mass is 294 g/mol. The van der Waals surface area contributed by atoms with E-state index in [1.165, 1.54) is 12.1 Å².